The molecule has 1 heterocycles. The molecule has 0 radical (unpaired) electrons. The van der Waals surface area contributed by atoms with E-state index in [4.69, 9.17) is 4.74 Å². The number of ether oxygens (including phenoxy) is 1. The van der Waals surface area contributed by atoms with Crippen molar-refractivity contribution in [2.24, 2.45) is 5.92 Å². The Hall–Kier alpha value is -0.830. The SMILES string of the molecule is CCCOCc1nc2c([nH]1)CC(C)CC2. The minimum atomic E-state index is 0.634. The Bertz CT molecular complexity index is 319. The molecule has 3 nitrogen and oxygen atoms in total. The lowest BCUT2D eigenvalue weighted by molar-refractivity contribution is 0.116. The van der Waals surface area contributed by atoms with E-state index >= 15 is 0 Å². The normalized spacial score (nSPS) is 20.3. The van der Waals surface area contributed by atoms with E-state index in [9.17, 15) is 0 Å². The van der Waals surface area contributed by atoms with E-state index < -0.39 is 0 Å². The van der Waals surface area contributed by atoms with Crippen LogP contribution in [0.2, 0.25) is 0 Å². The van der Waals surface area contributed by atoms with Gasteiger partial charge in [-0.2, -0.15) is 0 Å². The molecule has 3 heteroatoms. The summed E-state index contributed by atoms with van der Waals surface area (Å²) in [4.78, 5) is 7.96. The third-order valence-corrected chi connectivity index (χ3v) is 2.93. The standard InChI is InChI=1S/C12H20N2O/c1-3-6-15-8-12-13-10-5-4-9(2)7-11(10)14-12/h9H,3-8H2,1-2H3,(H,13,14). The van der Waals surface area contributed by atoms with E-state index in [2.05, 4.69) is 23.8 Å². The summed E-state index contributed by atoms with van der Waals surface area (Å²) in [7, 11) is 0. The molecule has 1 N–H and O–H groups in total. The number of imidazole rings is 1. The van der Waals surface area contributed by atoms with Crippen LogP contribution in [0, 0.1) is 5.92 Å². The second-order valence-corrected chi connectivity index (χ2v) is 4.51. The van der Waals surface area contributed by atoms with Gasteiger partial charge in [0.25, 0.3) is 0 Å². The predicted molar refractivity (Wildman–Crippen MR) is 59.7 cm³/mol. The molecule has 1 aliphatic carbocycles. The summed E-state index contributed by atoms with van der Waals surface area (Å²) in [5.74, 6) is 1.80. The van der Waals surface area contributed by atoms with Gasteiger partial charge in [0.2, 0.25) is 0 Å². The zero-order valence-corrected chi connectivity index (χ0v) is 9.68. The molecule has 1 atom stereocenters. The first-order chi connectivity index (χ1) is 7.29. The van der Waals surface area contributed by atoms with Crippen molar-refractivity contribution < 1.29 is 4.74 Å². The summed E-state index contributed by atoms with van der Waals surface area (Å²) in [6.07, 6.45) is 4.61. The molecule has 0 amide bonds. The molecule has 0 bridgehead atoms. The third kappa shape index (κ3) is 2.59. The van der Waals surface area contributed by atoms with Gasteiger partial charge < -0.3 is 9.72 Å². The van der Waals surface area contributed by atoms with Crippen LogP contribution in [0.4, 0.5) is 0 Å². The molecular formula is C12H20N2O. The van der Waals surface area contributed by atoms with Crippen LogP contribution in [0.1, 0.15) is 43.9 Å². The van der Waals surface area contributed by atoms with Crippen LogP contribution in [0.5, 0.6) is 0 Å². The van der Waals surface area contributed by atoms with Crippen molar-refractivity contribution in [3.63, 3.8) is 0 Å². The van der Waals surface area contributed by atoms with E-state index in [1.807, 2.05) is 0 Å². The Kier molecular flexibility index (Phi) is 3.41. The quantitative estimate of drug-likeness (QED) is 0.772. The molecule has 2 rings (SSSR count). The average Bonchev–Trinajstić information content (AvgIpc) is 2.60. The number of fused-ring (bicyclic) bond motifs is 1. The Labute approximate surface area is 91.3 Å². The summed E-state index contributed by atoms with van der Waals surface area (Å²) < 4.78 is 5.48. The van der Waals surface area contributed by atoms with Crippen LogP contribution in [-0.4, -0.2) is 16.6 Å². The monoisotopic (exact) mass is 208 g/mol. The lowest BCUT2D eigenvalue weighted by Gasteiger charge is -2.15. The second kappa shape index (κ2) is 4.79. The van der Waals surface area contributed by atoms with E-state index in [0.717, 1.165) is 37.6 Å². The second-order valence-electron chi connectivity index (χ2n) is 4.51. The number of nitrogens with one attached hydrogen (secondary N) is 1. The van der Waals surface area contributed by atoms with Crippen molar-refractivity contribution in [1.29, 1.82) is 0 Å². The van der Waals surface area contributed by atoms with Crippen molar-refractivity contribution in [2.45, 2.75) is 46.1 Å². The summed E-state index contributed by atoms with van der Waals surface area (Å²) in [5.41, 5.74) is 2.60. The maximum atomic E-state index is 5.48. The maximum Gasteiger partial charge on any atom is 0.132 e. The highest BCUT2D eigenvalue weighted by Crippen LogP contribution is 2.23. The Morgan fingerprint density at radius 1 is 1.53 bits per heavy atom. The molecule has 0 fully saturated rings. The van der Waals surface area contributed by atoms with Gasteiger partial charge in [0.05, 0.1) is 5.69 Å². The topological polar surface area (TPSA) is 37.9 Å². The summed E-state index contributed by atoms with van der Waals surface area (Å²) in [6.45, 7) is 5.88. The molecule has 0 saturated heterocycles. The van der Waals surface area contributed by atoms with Crippen LogP contribution in [0.15, 0.2) is 0 Å². The first kappa shape index (κ1) is 10.7. The molecular weight excluding hydrogens is 188 g/mol. The van der Waals surface area contributed by atoms with Gasteiger partial charge in [0, 0.05) is 12.3 Å². The van der Waals surface area contributed by atoms with Crippen molar-refractivity contribution in [2.75, 3.05) is 6.61 Å². The van der Waals surface area contributed by atoms with E-state index in [0.29, 0.717) is 6.61 Å². The van der Waals surface area contributed by atoms with Crippen molar-refractivity contribution in [3.05, 3.63) is 17.2 Å². The fourth-order valence-electron chi connectivity index (χ4n) is 2.10. The van der Waals surface area contributed by atoms with Crippen molar-refractivity contribution in [1.82, 2.24) is 9.97 Å². The Morgan fingerprint density at radius 3 is 3.20 bits per heavy atom. The molecule has 1 aromatic rings. The number of rotatable bonds is 4. The van der Waals surface area contributed by atoms with E-state index in [1.165, 1.54) is 17.8 Å². The molecule has 1 aromatic heterocycles. The maximum absolute atomic E-state index is 5.48. The Morgan fingerprint density at radius 2 is 2.40 bits per heavy atom. The zero-order chi connectivity index (χ0) is 10.7. The number of aryl methyl sites for hydroxylation is 1. The van der Waals surface area contributed by atoms with Gasteiger partial charge in [0.1, 0.15) is 12.4 Å². The lowest BCUT2D eigenvalue weighted by atomic mass is 9.92. The molecule has 0 saturated carbocycles. The van der Waals surface area contributed by atoms with Gasteiger partial charge in [0.15, 0.2) is 0 Å². The number of aromatic amines is 1. The fourth-order valence-corrected chi connectivity index (χ4v) is 2.10. The van der Waals surface area contributed by atoms with Crippen LogP contribution < -0.4 is 0 Å². The molecule has 0 aliphatic heterocycles. The average molecular weight is 208 g/mol. The van der Waals surface area contributed by atoms with Gasteiger partial charge in [-0.3, -0.25) is 0 Å². The van der Waals surface area contributed by atoms with Crippen LogP contribution in [0.3, 0.4) is 0 Å². The Balaban J connectivity index is 1.96. The number of hydrogen-bond acceptors (Lipinski definition) is 2. The first-order valence-electron chi connectivity index (χ1n) is 5.94. The van der Waals surface area contributed by atoms with Gasteiger partial charge in [-0.05, 0) is 31.6 Å². The highest BCUT2D eigenvalue weighted by molar-refractivity contribution is 5.18. The molecule has 1 unspecified atom stereocenters. The fraction of sp³-hybridized carbons (Fsp3) is 0.750. The van der Waals surface area contributed by atoms with Gasteiger partial charge in [-0.1, -0.05) is 13.8 Å². The van der Waals surface area contributed by atoms with Crippen LogP contribution >= 0.6 is 0 Å². The molecule has 0 spiro atoms. The van der Waals surface area contributed by atoms with Crippen LogP contribution in [0.25, 0.3) is 0 Å². The number of H-pyrrole nitrogens is 1. The summed E-state index contributed by atoms with van der Waals surface area (Å²) in [5, 5.41) is 0. The van der Waals surface area contributed by atoms with Gasteiger partial charge in [-0.25, -0.2) is 4.98 Å². The highest BCUT2D eigenvalue weighted by Gasteiger charge is 2.18. The van der Waals surface area contributed by atoms with E-state index in [1.54, 1.807) is 0 Å². The third-order valence-electron chi connectivity index (χ3n) is 2.93. The van der Waals surface area contributed by atoms with Crippen molar-refractivity contribution >= 4 is 0 Å². The summed E-state index contributed by atoms with van der Waals surface area (Å²) >= 11 is 0. The van der Waals surface area contributed by atoms with E-state index in [-0.39, 0.29) is 0 Å². The summed E-state index contributed by atoms with van der Waals surface area (Å²) in [6, 6.07) is 0. The van der Waals surface area contributed by atoms with Crippen molar-refractivity contribution in [3.8, 4) is 0 Å². The van der Waals surface area contributed by atoms with Gasteiger partial charge in [-0.15, -0.1) is 0 Å². The van der Waals surface area contributed by atoms with Crippen LogP contribution in [-0.2, 0) is 24.2 Å². The number of aromatic nitrogens is 2. The molecule has 0 aromatic carbocycles. The predicted octanol–water partition coefficient (Wildman–Crippen LogP) is 2.46. The minimum absolute atomic E-state index is 0.634. The lowest BCUT2D eigenvalue weighted by Crippen LogP contribution is -2.10. The molecule has 1 aliphatic rings. The zero-order valence-electron chi connectivity index (χ0n) is 9.68. The smallest absolute Gasteiger partial charge is 0.132 e. The number of hydrogen-bond donors (Lipinski definition) is 1. The highest BCUT2D eigenvalue weighted by atomic mass is 16.5. The minimum Gasteiger partial charge on any atom is -0.374 e. The number of nitrogens with zero attached hydrogens (tertiary/aromatic N) is 1. The largest absolute Gasteiger partial charge is 0.374 e. The molecule has 15 heavy (non-hydrogen) atoms. The molecule has 84 valence electrons. The first-order valence-corrected chi connectivity index (χ1v) is 5.94. The van der Waals surface area contributed by atoms with Gasteiger partial charge >= 0.3 is 0 Å².